The topological polar surface area (TPSA) is 35.5 Å². The van der Waals surface area contributed by atoms with Gasteiger partial charge in [-0.3, -0.25) is 4.79 Å². The molecule has 0 amide bonds. The standard InChI is InChI=1S/C12H12F2O3.C2H6/c13-12(14)17-10-4-3-9(6-15)5-11(10)16-7-8-1-2-8;1-2/h3-6,8,12H,1-2,7H2;1-2H3. The third-order valence-corrected chi connectivity index (χ3v) is 2.49. The van der Waals surface area contributed by atoms with Gasteiger partial charge in [0.05, 0.1) is 6.61 Å². The lowest BCUT2D eigenvalue weighted by atomic mass is 10.2. The fourth-order valence-corrected chi connectivity index (χ4v) is 1.40. The van der Waals surface area contributed by atoms with E-state index in [1.807, 2.05) is 13.8 Å². The van der Waals surface area contributed by atoms with E-state index in [9.17, 15) is 13.6 Å². The first-order chi connectivity index (χ1) is 9.19. The number of carbonyl (C=O) groups excluding carboxylic acids is 1. The maximum absolute atomic E-state index is 12.1. The van der Waals surface area contributed by atoms with E-state index in [1.54, 1.807) is 0 Å². The summed E-state index contributed by atoms with van der Waals surface area (Å²) >= 11 is 0. The average molecular weight is 272 g/mol. The van der Waals surface area contributed by atoms with Crippen LogP contribution < -0.4 is 9.47 Å². The van der Waals surface area contributed by atoms with E-state index in [-0.39, 0.29) is 11.5 Å². The van der Waals surface area contributed by atoms with Crippen LogP contribution in [-0.4, -0.2) is 19.5 Å². The Hall–Kier alpha value is -1.65. The molecule has 1 aromatic carbocycles. The molecule has 1 fully saturated rings. The lowest BCUT2D eigenvalue weighted by Gasteiger charge is -2.12. The Labute approximate surface area is 111 Å². The van der Waals surface area contributed by atoms with E-state index in [0.717, 1.165) is 12.8 Å². The molecule has 0 unspecified atom stereocenters. The molecule has 1 aliphatic carbocycles. The van der Waals surface area contributed by atoms with Crippen LogP contribution in [0, 0.1) is 5.92 Å². The van der Waals surface area contributed by atoms with E-state index >= 15 is 0 Å². The first kappa shape index (κ1) is 15.4. The van der Waals surface area contributed by atoms with Gasteiger partial charge in [-0.05, 0) is 37.0 Å². The van der Waals surface area contributed by atoms with Crippen LogP contribution in [0.2, 0.25) is 0 Å². The number of carbonyl (C=O) groups is 1. The SMILES string of the molecule is CC.O=Cc1ccc(OC(F)F)c(OCC2CC2)c1. The normalized spacial score (nSPS) is 13.5. The van der Waals surface area contributed by atoms with E-state index < -0.39 is 6.61 Å². The highest BCUT2D eigenvalue weighted by Gasteiger charge is 2.23. The second-order valence-electron chi connectivity index (χ2n) is 3.96. The van der Waals surface area contributed by atoms with Crippen molar-refractivity contribution in [3.63, 3.8) is 0 Å². The van der Waals surface area contributed by atoms with Gasteiger partial charge in [0.15, 0.2) is 11.5 Å². The van der Waals surface area contributed by atoms with Gasteiger partial charge in [0.1, 0.15) is 6.29 Å². The zero-order valence-corrected chi connectivity index (χ0v) is 11.1. The van der Waals surface area contributed by atoms with Crippen molar-refractivity contribution in [1.29, 1.82) is 0 Å². The molecule has 0 heterocycles. The molecule has 106 valence electrons. The smallest absolute Gasteiger partial charge is 0.387 e. The first-order valence-electron chi connectivity index (χ1n) is 6.36. The van der Waals surface area contributed by atoms with Crippen molar-refractivity contribution in [2.45, 2.75) is 33.3 Å². The molecular weight excluding hydrogens is 254 g/mol. The van der Waals surface area contributed by atoms with Gasteiger partial charge < -0.3 is 9.47 Å². The van der Waals surface area contributed by atoms with Crippen LogP contribution in [0.25, 0.3) is 0 Å². The highest BCUT2D eigenvalue weighted by Crippen LogP contribution is 2.33. The second-order valence-corrected chi connectivity index (χ2v) is 3.96. The second kappa shape index (κ2) is 7.71. The number of rotatable bonds is 6. The van der Waals surface area contributed by atoms with Crippen molar-refractivity contribution in [2.24, 2.45) is 5.92 Å². The predicted molar refractivity (Wildman–Crippen MR) is 68.0 cm³/mol. The largest absolute Gasteiger partial charge is 0.489 e. The summed E-state index contributed by atoms with van der Waals surface area (Å²) in [7, 11) is 0. The number of ether oxygens (including phenoxy) is 2. The number of alkyl halides is 2. The molecular formula is C14H18F2O3. The van der Waals surface area contributed by atoms with Gasteiger partial charge in [0, 0.05) is 5.56 Å². The summed E-state index contributed by atoms with van der Waals surface area (Å²) in [4.78, 5) is 10.6. The van der Waals surface area contributed by atoms with Crippen molar-refractivity contribution in [1.82, 2.24) is 0 Å². The molecule has 1 aromatic rings. The first-order valence-corrected chi connectivity index (χ1v) is 6.36. The van der Waals surface area contributed by atoms with Gasteiger partial charge in [0.25, 0.3) is 0 Å². The molecule has 0 atom stereocenters. The summed E-state index contributed by atoms with van der Waals surface area (Å²) in [6.07, 6.45) is 2.83. The van der Waals surface area contributed by atoms with E-state index in [0.29, 0.717) is 24.4 Å². The Morgan fingerprint density at radius 1 is 1.32 bits per heavy atom. The molecule has 1 aliphatic rings. The van der Waals surface area contributed by atoms with Gasteiger partial charge in [-0.2, -0.15) is 8.78 Å². The van der Waals surface area contributed by atoms with Crippen LogP contribution in [0.4, 0.5) is 8.78 Å². The number of hydrogen-bond acceptors (Lipinski definition) is 3. The molecule has 0 bridgehead atoms. The molecule has 3 nitrogen and oxygen atoms in total. The van der Waals surface area contributed by atoms with Crippen LogP contribution >= 0.6 is 0 Å². The van der Waals surface area contributed by atoms with Crippen LogP contribution in [0.15, 0.2) is 18.2 Å². The minimum Gasteiger partial charge on any atom is -0.489 e. The Bertz CT molecular complexity index is 404. The van der Waals surface area contributed by atoms with Crippen LogP contribution in [0.5, 0.6) is 11.5 Å². The minimum absolute atomic E-state index is 0.0359. The van der Waals surface area contributed by atoms with Gasteiger partial charge in [0.2, 0.25) is 0 Å². The maximum Gasteiger partial charge on any atom is 0.387 e. The van der Waals surface area contributed by atoms with Crippen molar-refractivity contribution >= 4 is 6.29 Å². The summed E-state index contributed by atoms with van der Waals surface area (Å²) in [5, 5.41) is 0. The summed E-state index contributed by atoms with van der Waals surface area (Å²) in [5.74, 6) is 0.655. The van der Waals surface area contributed by atoms with E-state index in [1.165, 1.54) is 18.2 Å². The van der Waals surface area contributed by atoms with Crippen molar-refractivity contribution in [2.75, 3.05) is 6.61 Å². The highest BCUT2D eigenvalue weighted by molar-refractivity contribution is 5.76. The van der Waals surface area contributed by atoms with Crippen LogP contribution in [-0.2, 0) is 0 Å². The Balaban J connectivity index is 0.000000861. The van der Waals surface area contributed by atoms with E-state index in [4.69, 9.17) is 4.74 Å². The molecule has 0 aromatic heterocycles. The Morgan fingerprint density at radius 2 is 2.00 bits per heavy atom. The van der Waals surface area contributed by atoms with Gasteiger partial charge in [-0.25, -0.2) is 0 Å². The van der Waals surface area contributed by atoms with E-state index in [2.05, 4.69) is 4.74 Å². The molecule has 5 heteroatoms. The monoisotopic (exact) mass is 272 g/mol. The number of aldehydes is 1. The highest BCUT2D eigenvalue weighted by atomic mass is 19.3. The van der Waals surface area contributed by atoms with Gasteiger partial charge in [-0.15, -0.1) is 0 Å². The third kappa shape index (κ3) is 5.24. The number of hydrogen-bond donors (Lipinski definition) is 0. The van der Waals surface area contributed by atoms with Crippen molar-refractivity contribution < 1.29 is 23.0 Å². The zero-order valence-electron chi connectivity index (χ0n) is 11.1. The molecule has 19 heavy (non-hydrogen) atoms. The molecule has 2 rings (SSSR count). The summed E-state index contributed by atoms with van der Waals surface area (Å²) < 4.78 is 34.0. The fraction of sp³-hybridized carbons (Fsp3) is 0.500. The van der Waals surface area contributed by atoms with Crippen molar-refractivity contribution in [3.8, 4) is 11.5 Å². The summed E-state index contributed by atoms with van der Waals surface area (Å²) in [6, 6.07) is 4.14. The Kier molecular flexibility index (Phi) is 6.25. The van der Waals surface area contributed by atoms with Crippen LogP contribution in [0.1, 0.15) is 37.0 Å². The lowest BCUT2D eigenvalue weighted by Crippen LogP contribution is -2.06. The average Bonchev–Trinajstić information content (AvgIpc) is 3.23. The predicted octanol–water partition coefficient (Wildman–Crippen LogP) is 3.92. The number of halogens is 2. The third-order valence-electron chi connectivity index (χ3n) is 2.49. The molecule has 0 saturated heterocycles. The summed E-state index contributed by atoms with van der Waals surface area (Å²) in [6.45, 7) is 1.57. The Morgan fingerprint density at radius 3 is 2.53 bits per heavy atom. The minimum atomic E-state index is -2.90. The van der Waals surface area contributed by atoms with Gasteiger partial charge in [-0.1, -0.05) is 13.8 Å². The molecule has 0 aliphatic heterocycles. The summed E-state index contributed by atoms with van der Waals surface area (Å²) in [5.41, 5.74) is 0.373. The van der Waals surface area contributed by atoms with Crippen LogP contribution in [0.3, 0.4) is 0 Å². The molecule has 0 spiro atoms. The quantitative estimate of drug-likeness (QED) is 0.736. The van der Waals surface area contributed by atoms with Gasteiger partial charge >= 0.3 is 6.61 Å². The fourth-order valence-electron chi connectivity index (χ4n) is 1.40. The zero-order chi connectivity index (χ0) is 14.3. The van der Waals surface area contributed by atoms with Crippen molar-refractivity contribution in [3.05, 3.63) is 23.8 Å². The lowest BCUT2D eigenvalue weighted by molar-refractivity contribution is -0.0515. The molecule has 1 saturated carbocycles. The maximum atomic E-state index is 12.1. The number of benzene rings is 1. The molecule has 0 N–H and O–H groups in total. The molecule has 0 radical (unpaired) electrons.